The van der Waals surface area contributed by atoms with Crippen molar-refractivity contribution in [1.82, 2.24) is 5.32 Å². The van der Waals surface area contributed by atoms with Gasteiger partial charge in [0, 0.05) is 12.0 Å². The summed E-state index contributed by atoms with van der Waals surface area (Å²) in [5.41, 5.74) is 5.37. The van der Waals surface area contributed by atoms with Crippen LogP contribution in [0.1, 0.15) is 52.9 Å². The molecule has 3 N–H and O–H groups in total. The van der Waals surface area contributed by atoms with Gasteiger partial charge in [-0.3, -0.25) is 4.79 Å². The van der Waals surface area contributed by atoms with E-state index in [9.17, 15) is 4.79 Å². The third-order valence-corrected chi connectivity index (χ3v) is 3.26. The van der Waals surface area contributed by atoms with Crippen LogP contribution < -0.4 is 11.1 Å². The molecule has 0 aromatic carbocycles. The van der Waals surface area contributed by atoms with E-state index in [2.05, 4.69) is 5.32 Å². The molecule has 1 aliphatic carbocycles. The van der Waals surface area contributed by atoms with Gasteiger partial charge in [-0.05, 0) is 12.8 Å². The first-order chi connectivity index (χ1) is 6.90. The van der Waals surface area contributed by atoms with E-state index in [1.165, 1.54) is 19.3 Å². The molecule has 0 unspecified atom stereocenters. The molecule has 0 aromatic rings. The molecule has 0 aliphatic heterocycles. The number of carbonyl (C=O) groups excluding carboxylic acids is 1. The minimum atomic E-state index is -0.320. The smallest absolute Gasteiger partial charge is 0.225 e. The average Bonchev–Trinajstić information content (AvgIpc) is 2.18. The van der Waals surface area contributed by atoms with E-state index < -0.39 is 0 Å². The van der Waals surface area contributed by atoms with Crippen LogP contribution in [0.2, 0.25) is 0 Å². The maximum Gasteiger partial charge on any atom is 0.225 e. The predicted molar refractivity (Wildman–Crippen MR) is 62.5 cm³/mol. The van der Waals surface area contributed by atoms with Crippen LogP contribution >= 0.6 is 0 Å². The minimum Gasteiger partial charge on any atom is -0.349 e. The molecule has 0 radical (unpaired) electrons. The first kappa shape index (κ1) is 12.5. The normalized spacial score (nSPS) is 21.1. The fourth-order valence-corrected chi connectivity index (χ4v) is 2.04. The van der Waals surface area contributed by atoms with Crippen LogP contribution in [0.25, 0.3) is 0 Å². The van der Waals surface area contributed by atoms with Gasteiger partial charge < -0.3 is 11.1 Å². The van der Waals surface area contributed by atoms with E-state index in [-0.39, 0.29) is 16.9 Å². The number of nitrogens with one attached hydrogen (secondary N) is 1. The molecular formula is C12H24N2O. The SMILES string of the molecule is CC(C)(C)C(=O)NC1(CN)CCCCC1. The number of rotatable bonds is 2. The molecule has 3 nitrogen and oxygen atoms in total. The molecule has 0 aromatic heterocycles. The predicted octanol–water partition coefficient (Wildman–Crippen LogP) is 1.81. The third kappa shape index (κ3) is 3.20. The Morgan fingerprint density at radius 1 is 1.27 bits per heavy atom. The summed E-state index contributed by atoms with van der Waals surface area (Å²) in [7, 11) is 0. The van der Waals surface area contributed by atoms with Gasteiger partial charge in [-0.25, -0.2) is 0 Å². The molecule has 15 heavy (non-hydrogen) atoms. The van der Waals surface area contributed by atoms with Crippen molar-refractivity contribution in [3.8, 4) is 0 Å². The van der Waals surface area contributed by atoms with Crippen LogP contribution in [0.4, 0.5) is 0 Å². The van der Waals surface area contributed by atoms with Crippen molar-refractivity contribution in [1.29, 1.82) is 0 Å². The van der Waals surface area contributed by atoms with Crippen molar-refractivity contribution in [2.45, 2.75) is 58.4 Å². The fraction of sp³-hybridized carbons (Fsp3) is 0.917. The summed E-state index contributed by atoms with van der Waals surface area (Å²) in [6.07, 6.45) is 5.70. The molecule has 0 spiro atoms. The summed E-state index contributed by atoms with van der Waals surface area (Å²) < 4.78 is 0. The molecule has 1 fully saturated rings. The third-order valence-electron chi connectivity index (χ3n) is 3.26. The molecule has 1 rings (SSSR count). The highest BCUT2D eigenvalue weighted by molar-refractivity contribution is 5.82. The Morgan fingerprint density at radius 3 is 2.20 bits per heavy atom. The highest BCUT2D eigenvalue weighted by Gasteiger charge is 2.35. The van der Waals surface area contributed by atoms with Gasteiger partial charge in [-0.2, -0.15) is 0 Å². The first-order valence-electron chi connectivity index (χ1n) is 5.92. The number of carbonyl (C=O) groups is 1. The maximum absolute atomic E-state index is 11.9. The Morgan fingerprint density at radius 2 is 1.80 bits per heavy atom. The Balaban J connectivity index is 2.63. The Bertz CT molecular complexity index is 224. The zero-order chi connectivity index (χ0) is 11.5. The lowest BCUT2D eigenvalue weighted by atomic mass is 9.80. The standard InChI is InChI=1S/C12H24N2O/c1-11(2,3)10(15)14-12(9-13)7-5-4-6-8-12/h4-9,13H2,1-3H3,(H,14,15). The van der Waals surface area contributed by atoms with Crippen molar-refractivity contribution in [3.63, 3.8) is 0 Å². The van der Waals surface area contributed by atoms with Crippen LogP contribution in [-0.4, -0.2) is 18.0 Å². The summed E-state index contributed by atoms with van der Waals surface area (Å²) in [6.45, 7) is 6.38. The zero-order valence-corrected chi connectivity index (χ0v) is 10.2. The highest BCUT2D eigenvalue weighted by atomic mass is 16.2. The summed E-state index contributed by atoms with van der Waals surface area (Å²) in [5.74, 6) is 0.120. The van der Waals surface area contributed by atoms with Crippen molar-refractivity contribution in [3.05, 3.63) is 0 Å². The van der Waals surface area contributed by atoms with Gasteiger partial charge in [0.2, 0.25) is 5.91 Å². The molecule has 0 atom stereocenters. The van der Waals surface area contributed by atoms with Crippen molar-refractivity contribution in [2.75, 3.05) is 6.54 Å². The van der Waals surface area contributed by atoms with Gasteiger partial charge in [0.1, 0.15) is 0 Å². The van der Waals surface area contributed by atoms with Gasteiger partial charge in [0.25, 0.3) is 0 Å². The Labute approximate surface area is 92.8 Å². The van der Waals surface area contributed by atoms with Gasteiger partial charge >= 0.3 is 0 Å². The lowest BCUT2D eigenvalue weighted by Gasteiger charge is -2.39. The van der Waals surface area contributed by atoms with Crippen molar-refractivity contribution < 1.29 is 4.79 Å². The van der Waals surface area contributed by atoms with Crippen LogP contribution in [0.15, 0.2) is 0 Å². The summed E-state index contributed by atoms with van der Waals surface area (Å²) >= 11 is 0. The summed E-state index contributed by atoms with van der Waals surface area (Å²) in [5, 5.41) is 3.16. The minimum absolute atomic E-state index is 0.120. The monoisotopic (exact) mass is 212 g/mol. The maximum atomic E-state index is 11.9. The first-order valence-corrected chi connectivity index (χ1v) is 5.92. The van der Waals surface area contributed by atoms with Crippen LogP contribution in [-0.2, 0) is 4.79 Å². The second-order valence-corrected chi connectivity index (χ2v) is 5.75. The molecule has 0 bridgehead atoms. The quantitative estimate of drug-likeness (QED) is 0.733. The van der Waals surface area contributed by atoms with E-state index in [4.69, 9.17) is 5.73 Å². The summed E-state index contributed by atoms with van der Waals surface area (Å²) in [6, 6.07) is 0. The number of hydrogen-bond donors (Lipinski definition) is 2. The Hall–Kier alpha value is -0.570. The van der Waals surface area contributed by atoms with Gasteiger partial charge in [-0.15, -0.1) is 0 Å². The second kappa shape index (κ2) is 4.52. The van der Waals surface area contributed by atoms with Gasteiger partial charge in [-0.1, -0.05) is 40.0 Å². The van der Waals surface area contributed by atoms with Crippen LogP contribution in [0.5, 0.6) is 0 Å². The number of hydrogen-bond acceptors (Lipinski definition) is 2. The topological polar surface area (TPSA) is 55.1 Å². The van der Waals surface area contributed by atoms with Crippen LogP contribution in [0.3, 0.4) is 0 Å². The molecule has 1 saturated carbocycles. The molecule has 0 saturated heterocycles. The van der Waals surface area contributed by atoms with E-state index >= 15 is 0 Å². The molecule has 88 valence electrons. The van der Waals surface area contributed by atoms with Crippen LogP contribution in [0, 0.1) is 5.41 Å². The van der Waals surface area contributed by atoms with E-state index in [0.717, 1.165) is 12.8 Å². The highest BCUT2D eigenvalue weighted by Crippen LogP contribution is 2.28. The van der Waals surface area contributed by atoms with E-state index in [1.54, 1.807) is 0 Å². The fourth-order valence-electron chi connectivity index (χ4n) is 2.04. The lowest BCUT2D eigenvalue weighted by Crippen LogP contribution is -2.57. The number of nitrogens with two attached hydrogens (primary N) is 1. The summed E-state index contributed by atoms with van der Waals surface area (Å²) in [4.78, 5) is 11.9. The molecule has 1 amide bonds. The molecule has 3 heteroatoms. The molecule has 1 aliphatic rings. The second-order valence-electron chi connectivity index (χ2n) is 5.75. The number of amides is 1. The lowest BCUT2D eigenvalue weighted by molar-refractivity contribution is -0.130. The Kier molecular flexibility index (Phi) is 3.77. The van der Waals surface area contributed by atoms with E-state index in [1.807, 2.05) is 20.8 Å². The molecular weight excluding hydrogens is 188 g/mol. The van der Waals surface area contributed by atoms with Crippen molar-refractivity contribution in [2.24, 2.45) is 11.1 Å². The average molecular weight is 212 g/mol. The molecule has 0 heterocycles. The zero-order valence-electron chi connectivity index (χ0n) is 10.2. The van der Waals surface area contributed by atoms with Crippen molar-refractivity contribution >= 4 is 5.91 Å². The van der Waals surface area contributed by atoms with E-state index in [0.29, 0.717) is 6.54 Å². The van der Waals surface area contributed by atoms with Gasteiger partial charge in [0.05, 0.1) is 5.54 Å². The van der Waals surface area contributed by atoms with Gasteiger partial charge in [0.15, 0.2) is 0 Å². The largest absolute Gasteiger partial charge is 0.349 e.